The van der Waals surface area contributed by atoms with Crippen molar-refractivity contribution < 1.29 is 0 Å². The van der Waals surface area contributed by atoms with Crippen LogP contribution in [0.15, 0.2) is 164 Å². The molecule has 0 bridgehead atoms. The summed E-state index contributed by atoms with van der Waals surface area (Å²) in [5, 5.41) is 5.47. The van der Waals surface area contributed by atoms with Gasteiger partial charge in [-0.15, -0.1) is 0 Å². The standard InChI is InChI=1S/C45H27N5/c1-2-6-38-36(4-1)24-37(27-47-38)41-21-18-31-12-16-35(26-43(31)49-41)34-15-11-30-17-20-39(48-42(30)25-34)28-7-9-29(10-8-28)40-22-19-33-14-13-32-5-3-23-46-44(32)45(33)50-40/h1-27H. The number of fused-ring (bicyclic) bond motifs is 6. The number of nitrogens with zero attached hydrogens (tertiary/aromatic N) is 5. The predicted octanol–water partition coefficient (Wildman–Crippen LogP) is 11.1. The number of aromatic nitrogens is 5. The van der Waals surface area contributed by atoms with Crippen LogP contribution in [0.25, 0.3) is 99.4 Å². The van der Waals surface area contributed by atoms with Crippen LogP contribution in [-0.4, -0.2) is 24.9 Å². The number of hydrogen-bond donors (Lipinski definition) is 0. The van der Waals surface area contributed by atoms with E-state index in [1.807, 2.05) is 36.7 Å². The molecule has 0 aliphatic heterocycles. The van der Waals surface area contributed by atoms with Crippen LogP contribution in [0.3, 0.4) is 0 Å². The first-order chi connectivity index (χ1) is 24.7. The molecule has 0 unspecified atom stereocenters. The van der Waals surface area contributed by atoms with Crippen molar-refractivity contribution in [3.05, 3.63) is 164 Å². The fourth-order valence-electron chi connectivity index (χ4n) is 6.82. The van der Waals surface area contributed by atoms with Crippen LogP contribution in [-0.2, 0) is 0 Å². The average molecular weight is 638 g/mol. The summed E-state index contributed by atoms with van der Waals surface area (Å²) in [6.07, 6.45) is 3.73. The minimum Gasteiger partial charge on any atom is -0.256 e. The molecule has 5 heteroatoms. The number of rotatable bonds is 4. The Morgan fingerprint density at radius 1 is 0.300 bits per heavy atom. The van der Waals surface area contributed by atoms with E-state index in [0.29, 0.717) is 0 Å². The summed E-state index contributed by atoms with van der Waals surface area (Å²) in [7, 11) is 0. The second-order valence-corrected chi connectivity index (χ2v) is 12.6. The van der Waals surface area contributed by atoms with Crippen molar-refractivity contribution in [2.75, 3.05) is 0 Å². The van der Waals surface area contributed by atoms with Gasteiger partial charge in [0.15, 0.2) is 0 Å². The third-order valence-electron chi connectivity index (χ3n) is 9.51. The minimum absolute atomic E-state index is 0.908. The summed E-state index contributed by atoms with van der Waals surface area (Å²) in [4.78, 5) is 24.4. The molecule has 0 saturated heterocycles. The first-order valence-electron chi connectivity index (χ1n) is 16.6. The zero-order valence-electron chi connectivity index (χ0n) is 26.8. The van der Waals surface area contributed by atoms with Crippen LogP contribution in [0.4, 0.5) is 0 Å². The molecule has 0 spiro atoms. The third kappa shape index (κ3) is 4.92. The molecule has 232 valence electrons. The van der Waals surface area contributed by atoms with Crippen LogP contribution < -0.4 is 0 Å². The predicted molar refractivity (Wildman–Crippen MR) is 205 cm³/mol. The van der Waals surface area contributed by atoms with Gasteiger partial charge in [-0.1, -0.05) is 103 Å². The number of pyridine rings is 5. The molecule has 5 aromatic carbocycles. The molecule has 0 atom stereocenters. The molecule has 0 aliphatic carbocycles. The number of benzene rings is 5. The van der Waals surface area contributed by atoms with Gasteiger partial charge in [0.1, 0.15) is 0 Å². The Morgan fingerprint density at radius 3 is 1.52 bits per heavy atom. The van der Waals surface area contributed by atoms with Gasteiger partial charge < -0.3 is 0 Å². The Hall–Kier alpha value is -6.85. The second-order valence-electron chi connectivity index (χ2n) is 12.6. The summed E-state index contributed by atoms with van der Waals surface area (Å²) >= 11 is 0. The molecule has 5 nitrogen and oxygen atoms in total. The zero-order chi connectivity index (χ0) is 33.0. The van der Waals surface area contributed by atoms with E-state index in [2.05, 4.69) is 137 Å². The van der Waals surface area contributed by atoms with E-state index in [9.17, 15) is 0 Å². The SMILES string of the molecule is c1ccc2ncc(-c3ccc4ccc(-c5ccc6ccc(-c7ccc(-c8ccc9ccc%10cccnc%10c9n8)cc7)nc6c5)cc4n3)cc2c1. The van der Waals surface area contributed by atoms with Crippen molar-refractivity contribution >= 4 is 54.5 Å². The summed E-state index contributed by atoms with van der Waals surface area (Å²) in [5.74, 6) is 0. The van der Waals surface area contributed by atoms with Crippen LogP contribution in [0.2, 0.25) is 0 Å². The van der Waals surface area contributed by atoms with E-state index in [1.165, 1.54) is 0 Å². The largest absolute Gasteiger partial charge is 0.256 e. The van der Waals surface area contributed by atoms with E-state index in [1.54, 1.807) is 0 Å². The number of para-hydroxylation sites is 1. The molecule has 50 heavy (non-hydrogen) atoms. The Morgan fingerprint density at radius 2 is 0.820 bits per heavy atom. The maximum atomic E-state index is 5.10. The molecule has 0 saturated carbocycles. The van der Waals surface area contributed by atoms with Crippen LogP contribution in [0.5, 0.6) is 0 Å². The normalized spacial score (nSPS) is 11.6. The topological polar surface area (TPSA) is 64.5 Å². The molecular formula is C45H27N5. The van der Waals surface area contributed by atoms with Crippen LogP contribution >= 0.6 is 0 Å². The van der Waals surface area contributed by atoms with Crippen molar-refractivity contribution in [2.45, 2.75) is 0 Å². The fraction of sp³-hybridized carbons (Fsp3) is 0. The monoisotopic (exact) mass is 637 g/mol. The molecule has 5 aromatic heterocycles. The van der Waals surface area contributed by atoms with Crippen molar-refractivity contribution in [1.82, 2.24) is 24.9 Å². The van der Waals surface area contributed by atoms with Gasteiger partial charge in [-0.2, -0.15) is 0 Å². The fourth-order valence-corrected chi connectivity index (χ4v) is 6.82. The summed E-state index contributed by atoms with van der Waals surface area (Å²) in [6.45, 7) is 0. The lowest BCUT2D eigenvalue weighted by Gasteiger charge is -2.09. The average Bonchev–Trinajstić information content (AvgIpc) is 3.19. The maximum Gasteiger partial charge on any atom is 0.0972 e. The summed E-state index contributed by atoms with van der Waals surface area (Å²) in [5.41, 5.74) is 12.8. The molecule has 0 fully saturated rings. The highest BCUT2D eigenvalue weighted by atomic mass is 14.8. The lowest BCUT2D eigenvalue weighted by atomic mass is 10.0. The van der Waals surface area contributed by atoms with Gasteiger partial charge in [-0.25, -0.2) is 15.0 Å². The van der Waals surface area contributed by atoms with Gasteiger partial charge in [-0.3, -0.25) is 9.97 Å². The molecule has 0 N–H and O–H groups in total. The van der Waals surface area contributed by atoms with Crippen LogP contribution in [0.1, 0.15) is 0 Å². The van der Waals surface area contributed by atoms with Crippen molar-refractivity contribution in [3.8, 4) is 44.9 Å². The van der Waals surface area contributed by atoms with Crippen molar-refractivity contribution in [1.29, 1.82) is 0 Å². The molecule has 5 heterocycles. The van der Waals surface area contributed by atoms with E-state index >= 15 is 0 Å². The zero-order valence-corrected chi connectivity index (χ0v) is 26.8. The Labute approximate surface area is 287 Å². The van der Waals surface area contributed by atoms with E-state index in [0.717, 1.165) is 99.4 Å². The lowest BCUT2D eigenvalue weighted by Crippen LogP contribution is -1.90. The molecule has 0 aliphatic rings. The van der Waals surface area contributed by atoms with Gasteiger partial charge in [0.2, 0.25) is 0 Å². The first-order valence-corrected chi connectivity index (χ1v) is 16.6. The minimum atomic E-state index is 0.908. The smallest absolute Gasteiger partial charge is 0.0972 e. The van der Waals surface area contributed by atoms with Gasteiger partial charge in [0, 0.05) is 56.0 Å². The van der Waals surface area contributed by atoms with Gasteiger partial charge in [0.05, 0.1) is 44.7 Å². The van der Waals surface area contributed by atoms with Crippen LogP contribution in [0, 0.1) is 0 Å². The molecule has 10 rings (SSSR count). The van der Waals surface area contributed by atoms with Gasteiger partial charge in [0.25, 0.3) is 0 Å². The van der Waals surface area contributed by atoms with E-state index < -0.39 is 0 Å². The number of hydrogen-bond acceptors (Lipinski definition) is 5. The first kappa shape index (κ1) is 28.2. The van der Waals surface area contributed by atoms with Crippen molar-refractivity contribution in [3.63, 3.8) is 0 Å². The van der Waals surface area contributed by atoms with Crippen molar-refractivity contribution in [2.24, 2.45) is 0 Å². The van der Waals surface area contributed by atoms with Gasteiger partial charge in [-0.05, 0) is 59.7 Å². The molecular weight excluding hydrogens is 611 g/mol. The third-order valence-corrected chi connectivity index (χ3v) is 9.51. The summed E-state index contributed by atoms with van der Waals surface area (Å²) in [6, 6.07) is 52.6. The lowest BCUT2D eigenvalue weighted by molar-refractivity contribution is 1.35. The Kier molecular flexibility index (Phi) is 6.42. The second kappa shape index (κ2) is 11.4. The quantitative estimate of drug-likeness (QED) is 0.180. The van der Waals surface area contributed by atoms with E-state index in [-0.39, 0.29) is 0 Å². The molecule has 0 radical (unpaired) electrons. The Balaban J connectivity index is 0.965. The Bertz CT molecular complexity index is 2930. The molecule has 0 amide bonds. The highest BCUT2D eigenvalue weighted by Gasteiger charge is 2.10. The van der Waals surface area contributed by atoms with E-state index in [4.69, 9.17) is 15.0 Å². The summed E-state index contributed by atoms with van der Waals surface area (Å²) < 4.78 is 0. The molecule has 10 aromatic rings. The maximum absolute atomic E-state index is 5.10. The highest BCUT2D eigenvalue weighted by molar-refractivity contribution is 6.03. The highest BCUT2D eigenvalue weighted by Crippen LogP contribution is 2.31. The van der Waals surface area contributed by atoms with Gasteiger partial charge >= 0.3 is 0 Å².